The van der Waals surface area contributed by atoms with Crippen LogP contribution in [0, 0.1) is 0 Å². The SMILES string of the molecule is CSc1ccc(Cl)c(C(=O)N[C@H]2CC[C@@H](Nc3nc4c(c(N(C)C)n3)CCCC4)CC2)c1. The number of halogens is 1. The highest BCUT2D eigenvalue weighted by atomic mass is 35.5. The second-order valence-electron chi connectivity index (χ2n) is 8.91. The zero-order valence-corrected chi connectivity index (χ0v) is 20.7. The molecule has 0 saturated heterocycles. The quantitative estimate of drug-likeness (QED) is 0.578. The number of hydrogen-bond donors (Lipinski definition) is 2. The van der Waals surface area contributed by atoms with Gasteiger partial charge in [0.05, 0.1) is 16.3 Å². The van der Waals surface area contributed by atoms with Crippen molar-refractivity contribution in [2.45, 2.75) is 68.3 Å². The van der Waals surface area contributed by atoms with Crippen LogP contribution in [0.1, 0.15) is 60.1 Å². The zero-order chi connectivity index (χ0) is 22.7. The Morgan fingerprint density at radius 2 is 1.81 bits per heavy atom. The number of aryl methyl sites for hydroxylation is 1. The number of aromatic nitrogens is 2. The van der Waals surface area contributed by atoms with Crippen molar-refractivity contribution < 1.29 is 4.79 Å². The number of hydrogen-bond acceptors (Lipinski definition) is 6. The second-order valence-corrected chi connectivity index (χ2v) is 10.2. The monoisotopic (exact) mass is 473 g/mol. The minimum atomic E-state index is -0.0871. The van der Waals surface area contributed by atoms with E-state index < -0.39 is 0 Å². The Labute approximate surface area is 199 Å². The topological polar surface area (TPSA) is 70.2 Å². The highest BCUT2D eigenvalue weighted by Gasteiger charge is 2.25. The van der Waals surface area contributed by atoms with Gasteiger partial charge < -0.3 is 15.5 Å². The minimum Gasteiger partial charge on any atom is -0.362 e. The molecule has 1 aromatic carbocycles. The number of carbonyl (C=O) groups is 1. The molecule has 4 rings (SSSR count). The lowest BCUT2D eigenvalue weighted by molar-refractivity contribution is 0.0926. The number of rotatable bonds is 6. The lowest BCUT2D eigenvalue weighted by Crippen LogP contribution is -2.40. The van der Waals surface area contributed by atoms with Crippen molar-refractivity contribution >= 4 is 41.0 Å². The van der Waals surface area contributed by atoms with Gasteiger partial charge in [-0.1, -0.05) is 11.6 Å². The van der Waals surface area contributed by atoms with Crippen molar-refractivity contribution in [1.82, 2.24) is 15.3 Å². The van der Waals surface area contributed by atoms with E-state index in [4.69, 9.17) is 21.6 Å². The number of nitrogens with one attached hydrogen (secondary N) is 2. The summed E-state index contributed by atoms with van der Waals surface area (Å²) in [5.41, 5.74) is 3.06. The van der Waals surface area contributed by atoms with Crippen LogP contribution in [0.3, 0.4) is 0 Å². The fourth-order valence-electron chi connectivity index (χ4n) is 4.64. The van der Waals surface area contributed by atoms with Crippen LogP contribution in [0.15, 0.2) is 23.1 Å². The van der Waals surface area contributed by atoms with E-state index in [9.17, 15) is 4.79 Å². The molecular weight excluding hydrogens is 442 g/mol. The second kappa shape index (κ2) is 10.3. The lowest BCUT2D eigenvalue weighted by Gasteiger charge is -2.30. The van der Waals surface area contributed by atoms with E-state index in [1.165, 1.54) is 24.1 Å². The summed E-state index contributed by atoms with van der Waals surface area (Å²) in [5.74, 6) is 1.70. The van der Waals surface area contributed by atoms with Crippen LogP contribution in [0.4, 0.5) is 11.8 Å². The van der Waals surface area contributed by atoms with Gasteiger partial charge in [0.1, 0.15) is 5.82 Å². The Hall–Kier alpha value is -1.99. The number of carbonyl (C=O) groups excluding carboxylic acids is 1. The predicted molar refractivity (Wildman–Crippen MR) is 133 cm³/mol. The van der Waals surface area contributed by atoms with Gasteiger partial charge in [-0.15, -0.1) is 11.8 Å². The number of amides is 1. The zero-order valence-electron chi connectivity index (χ0n) is 19.1. The van der Waals surface area contributed by atoms with Crippen molar-refractivity contribution in [3.63, 3.8) is 0 Å². The lowest BCUT2D eigenvalue weighted by atomic mass is 9.91. The average Bonchev–Trinajstić information content (AvgIpc) is 2.80. The summed E-state index contributed by atoms with van der Waals surface area (Å²) >= 11 is 7.87. The molecule has 8 heteroatoms. The van der Waals surface area contributed by atoms with Crippen molar-refractivity contribution in [2.75, 3.05) is 30.6 Å². The molecule has 2 aromatic rings. The highest BCUT2D eigenvalue weighted by molar-refractivity contribution is 7.98. The third kappa shape index (κ3) is 5.31. The van der Waals surface area contributed by atoms with Crippen molar-refractivity contribution in [2.24, 2.45) is 0 Å². The third-order valence-electron chi connectivity index (χ3n) is 6.40. The maximum Gasteiger partial charge on any atom is 0.253 e. The van der Waals surface area contributed by atoms with E-state index in [1.54, 1.807) is 17.8 Å². The molecule has 0 unspecified atom stereocenters. The Bertz CT molecular complexity index is 975. The Morgan fingerprint density at radius 1 is 1.09 bits per heavy atom. The smallest absolute Gasteiger partial charge is 0.253 e. The van der Waals surface area contributed by atoms with Crippen molar-refractivity contribution in [3.8, 4) is 0 Å². The van der Waals surface area contributed by atoms with E-state index in [1.807, 2.05) is 18.4 Å². The summed E-state index contributed by atoms with van der Waals surface area (Å²) in [5, 5.41) is 7.25. The molecule has 0 spiro atoms. The average molecular weight is 474 g/mol. The van der Waals surface area contributed by atoms with Crippen LogP contribution < -0.4 is 15.5 Å². The molecule has 2 aliphatic carbocycles. The normalized spacial score (nSPS) is 20.4. The molecule has 2 N–H and O–H groups in total. The van der Waals surface area contributed by atoms with Crippen LogP contribution in [-0.4, -0.2) is 48.3 Å². The van der Waals surface area contributed by atoms with E-state index >= 15 is 0 Å². The standard InChI is InChI=1S/C24H32ClN5OS/c1-30(2)22-18-6-4-5-7-21(18)28-24(29-22)27-16-10-8-15(9-11-16)26-23(31)19-14-17(32-3)12-13-20(19)25/h12-16H,4-11H2,1-3H3,(H,26,31)(H,27,28,29)/t15-,16+. The summed E-state index contributed by atoms with van der Waals surface area (Å²) < 4.78 is 0. The number of benzene rings is 1. The van der Waals surface area contributed by atoms with Crippen LogP contribution in [0.25, 0.3) is 0 Å². The Morgan fingerprint density at radius 3 is 2.53 bits per heavy atom. The van der Waals surface area contributed by atoms with Crippen LogP contribution in [-0.2, 0) is 12.8 Å². The molecule has 2 aliphatic rings. The maximum absolute atomic E-state index is 12.8. The largest absolute Gasteiger partial charge is 0.362 e. The van der Waals surface area contributed by atoms with E-state index in [2.05, 4.69) is 29.6 Å². The Kier molecular flexibility index (Phi) is 7.46. The fourth-order valence-corrected chi connectivity index (χ4v) is 5.29. The molecule has 32 heavy (non-hydrogen) atoms. The highest BCUT2D eigenvalue weighted by Crippen LogP contribution is 2.30. The first-order valence-electron chi connectivity index (χ1n) is 11.4. The molecule has 172 valence electrons. The fraction of sp³-hybridized carbons (Fsp3) is 0.542. The molecule has 1 fully saturated rings. The molecule has 1 amide bonds. The molecular formula is C24H32ClN5OS. The van der Waals surface area contributed by atoms with Gasteiger partial charge in [-0.3, -0.25) is 4.79 Å². The summed E-state index contributed by atoms with van der Waals surface area (Å²) in [6, 6.07) is 6.08. The number of thioether (sulfide) groups is 1. The first-order chi connectivity index (χ1) is 15.4. The molecule has 6 nitrogen and oxygen atoms in total. The molecule has 1 aromatic heterocycles. The summed E-state index contributed by atoms with van der Waals surface area (Å²) in [6.45, 7) is 0. The van der Waals surface area contributed by atoms with Crippen LogP contribution >= 0.6 is 23.4 Å². The number of anilines is 2. The van der Waals surface area contributed by atoms with Gasteiger partial charge in [0.25, 0.3) is 5.91 Å². The number of nitrogens with zero attached hydrogens (tertiary/aromatic N) is 3. The molecule has 0 bridgehead atoms. The van der Waals surface area contributed by atoms with Gasteiger partial charge in [0.2, 0.25) is 5.95 Å². The molecule has 0 aliphatic heterocycles. The molecule has 0 atom stereocenters. The van der Waals surface area contributed by atoms with Crippen molar-refractivity contribution in [3.05, 3.63) is 40.0 Å². The van der Waals surface area contributed by atoms with Gasteiger partial charge in [-0.25, -0.2) is 4.98 Å². The van der Waals surface area contributed by atoms with Crippen LogP contribution in [0.5, 0.6) is 0 Å². The molecule has 1 saturated carbocycles. The van der Waals surface area contributed by atoms with Gasteiger partial charge in [-0.05, 0) is 75.8 Å². The van der Waals surface area contributed by atoms with E-state index in [0.717, 1.165) is 55.2 Å². The van der Waals surface area contributed by atoms with Gasteiger partial charge in [0.15, 0.2) is 0 Å². The number of fused-ring (bicyclic) bond motifs is 1. The maximum atomic E-state index is 12.8. The summed E-state index contributed by atoms with van der Waals surface area (Å²) in [6.07, 6.45) is 10.3. The van der Waals surface area contributed by atoms with Gasteiger partial charge in [-0.2, -0.15) is 4.98 Å². The summed E-state index contributed by atoms with van der Waals surface area (Å²) in [4.78, 5) is 25.6. The molecule has 1 heterocycles. The van der Waals surface area contributed by atoms with E-state index in [-0.39, 0.29) is 11.9 Å². The van der Waals surface area contributed by atoms with Crippen LogP contribution in [0.2, 0.25) is 5.02 Å². The third-order valence-corrected chi connectivity index (χ3v) is 7.45. The Balaban J connectivity index is 1.35. The van der Waals surface area contributed by atoms with Crippen molar-refractivity contribution in [1.29, 1.82) is 0 Å². The van der Waals surface area contributed by atoms with E-state index in [0.29, 0.717) is 16.6 Å². The van der Waals surface area contributed by atoms with Gasteiger partial charge in [0, 0.05) is 36.6 Å². The minimum absolute atomic E-state index is 0.0871. The first-order valence-corrected chi connectivity index (χ1v) is 13.0. The summed E-state index contributed by atoms with van der Waals surface area (Å²) in [7, 11) is 4.10. The van der Waals surface area contributed by atoms with Gasteiger partial charge >= 0.3 is 0 Å². The predicted octanol–water partition coefficient (Wildman–Crippen LogP) is 4.95. The molecule has 0 radical (unpaired) electrons. The first kappa shape index (κ1) is 23.2.